The van der Waals surface area contributed by atoms with Crippen LogP contribution in [0.15, 0.2) is 18.2 Å². The Balaban J connectivity index is 2.04. The van der Waals surface area contributed by atoms with Gasteiger partial charge in [0, 0.05) is 36.6 Å². The third-order valence-corrected chi connectivity index (χ3v) is 3.95. The zero-order valence-corrected chi connectivity index (χ0v) is 12.8. The van der Waals surface area contributed by atoms with Crippen molar-refractivity contribution in [3.05, 3.63) is 29.6 Å². The van der Waals surface area contributed by atoms with Gasteiger partial charge in [0.25, 0.3) is 0 Å². The molecule has 0 saturated carbocycles. The molecule has 1 aromatic rings. The normalized spacial score (nSPS) is 24.4. The van der Waals surface area contributed by atoms with E-state index in [1.54, 1.807) is 19.2 Å². The summed E-state index contributed by atoms with van der Waals surface area (Å²) in [6.45, 7) is 4.30. The quantitative estimate of drug-likeness (QED) is 0.792. The number of ether oxygens (including phenoxy) is 2. The van der Waals surface area contributed by atoms with E-state index in [1.165, 1.54) is 6.07 Å². The van der Waals surface area contributed by atoms with E-state index < -0.39 is 0 Å². The molecule has 19 heavy (non-hydrogen) atoms. The van der Waals surface area contributed by atoms with E-state index >= 15 is 0 Å². The molecule has 3 nitrogen and oxygen atoms in total. The van der Waals surface area contributed by atoms with Crippen LogP contribution in [-0.4, -0.2) is 42.6 Å². The molecular weight excluding hydrogens is 313 g/mol. The van der Waals surface area contributed by atoms with Gasteiger partial charge in [-0.1, -0.05) is 22.0 Å². The lowest BCUT2D eigenvalue weighted by Crippen LogP contribution is -2.46. The molecule has 0 radical (unpaired) electrons. The molecule has 106 valence electrons. The Hall–Kier alpha value is -0.650. The van der Waals surface area contributed by atoms with Gasteiger partial charge in [-0.15, -0.1) is 0 Å². The average molecular weight is 332 g/mol. The molecule has 0 bridgehead atoms. The van der Waals surface area contributed by atoms with Crippen molar-refractivity contribution in [3.63, 3.8) is 0 Å². The molecule has 0 N–H and O–H groups in total. The minimum absolute atomic E-state index is 0.171. The van der Waals surface area contributed by atoms with Gasteiger partial charge in [-0.05, 0) is 13.0 Å². The maximum atomic E-state index is 13.9. The van der Waals surface area contributed by atoms with Gasteiger partial charge in [0.05, 0.1) is 19.3 Å². The first-order chi connectivity index (χ1) is 9.12. The van der Waals surface area contributed by atoms with Crippen molar-refractivity contribution in [1.82, 2.24) is 4.90 Å². The molecule has 0 amide bonds. The number of hydrogen-bond donors (Lipinski definition) is 0. The maximum Gasteiger partial charge on any atom is 0.131 e. The molecule has 1 fully saturated rings. The summed E-state index contributed by atoms with van der Waals surface area (Å²) in [4.78, 5) is 2.23. The molecule has 0 aliphatic carbocycles. The largest absolute Gasteiger partial charge is 0.497 e. The summed E-state index contributed by atoms with van der Waals surface area (Å²) in [7, 11) is 1.54. The lowest BCUT2D eigenvalue weighted by molar-refractivity contribution is -0.0680. The highest BCUT2D eigenvalue weighted by atomic mass is 79.9. The zero-order valence-electron chi connectivity index (χ0n) is 11.2. The van der Waals surface area contributed by atoms with Crippen molar-refractivity contribution in [2.24, 2.45) is 0 Å². The highest BCUT2D eigenvalue weighted by Gasteiger charge is 2.25. The molecule has 5 heteroatoms. The van der Waals surface area contributed by atoms with Crippen molar-refractivity contribution < 1.29 is 13.9 Å². The Morgan fingerprint density at radius 1 is 1.47 bits per heavy atom. The lowest BCUT2D eigenvalue weighted by atomic mass is 10.1. The molecule has 1 aliphatic heterocycles. The fourth-order valence-corrected chi connectivity index (χ4v) is 2.74. The van der Waals surface area contributed by atoms with Gasteiger partial charge in [-0.3, -0.25) is 4.90 Å². The molecule has 2 rings (SSSR count). The first-order valence-corrected chi connectivity index (χ1v) is 7.50. The highest BCUT2D eigenvalue weighted by molar-refractivity contribution is 9.09. The highest BCUT2D eigenvalue weighted by Crippen LogP contribution is 2.20. The number of morpholine rings is 1. The second-order valence-corrected chi connectivity index (χ2v) is 5.52. The minimum Gasteiger partial charge on any atom is -0.497 e. The van der Waals surface area contributed by atoms with Gasteiger partial charge in [0.2, 0.25) is 0 Å². The first-order valence-electron chi connectivity index (χ1n) is 6.38. The summed E-state index contributed by atoms with van der Waals surface area (Å²) < 4.78 is 24.7. The van der Waals surface area contributed by atoms with E-state index in [0.29, 0.717) is 17.9 Å². The van der Waals surface area contributed by atoms with Crippen molar-refractivity contribution in [2.75, 3.05) is 25.5 Å². The van der Waals surface area contributed by atoms with Crippen LogP contribution in [0.25, 0.3) is 0 Å². The van der Waals surface area contributed by atoms with Crippen molar-refractivity contribution in [1.29, 1.82) is 0 Å². The van der Waals surface area contributed by atoms with Gasteiger partial charge >= 0.3 is 0 Å². The average Bonchev–Trinajstić information content (AvgIpc) is 2.40. The van der Waals surface area contributed by atoms with Gasteiger partial charge in [0.1, 0.15) is 11.6 Å². The van der Waals surface area contributed by atoms with Crippen LogP contribution in [0.1, 0.15) is 12.5 Å². The number of hydrogen-bond acceptors (Lipinski definition) is 3. The number of methoxy groups -OCH3 is 1. The van der Waals surface area contributed by atoms with Crippen LogP contribution < -0.4 is 4.74 Å². The van der Waals surface area contributed by atoms with E-state index in [9.17, 15) is 4.39 Å². The smallest absolute Gasteiger partial charge is 0.131 e. The summed E-state index contributed by atoms with van der Waals surface area (Å²) in [6, 6.07) is 5.02. The Bertz CT molecular complexity index is 430. The Labute approximate surface area is 121 Å². The van der Waals surface area contributed by atoms with Crippen LogP contribution in [0, 0.1) is 5.82 Å². The zero-order chi connectivity index (χ0) is 13.8. The predicted octanol–water partition coefficient (Wildman–Crippen LogP) is 2.82. The molecular formula is C14H19BrFNO2. The number of benzene rings is 1. The van der Waals surface area contributed by atoms with E-state index in [-0.39, 0.29) is 18.0 Å². The molecule has 1 saturated heterocycles. The van der Waals surface area contributed by atoms with Crippen molar-refractivity contribution in [2.45, 2.75) is 25.7 Å². The van der Waals surface area contributed by atoms with Crippen LogP contribution in [0.2, 0.25) is 0 Å². The summed E-state index contributed by atoms with van der Waals surface area (Å²) in [6.07, 6.45) is 0.350. The summed E-state index contributed by atoms with van der Waals surface area (Å²) in [5.41, 5.74) is 0.697. The van der Waals surface area contributed by atoms with Crippen LogP contribution in [0.4, 0.5) is 4.39 Å². The second-order valence-electron chi connectivity index (χ2n) is 4.87. The Morgan fingerprint density at radius 2 is 2.26 bits per heavy atom. The molecule has 1 aromatic carbocycles. The second kappa shape index (κ2) is 6.68. The van der Waals surface area contributed by atoms with Gasteiger partial charge in [-0.2, -0.15) is 0 Å². The monoisotopic (exact) mass is 331 g/mol. The topological polar surface area (TPSA) is 21.7 Å². The van der Waals surface area contributed by atoms with Crippen LogP contribution in [0.5, 0.6) is 5.75 Å². The Morgan fingerprint density at radius 3 is 2.89 bits per heavy atom. The molecule has 1 aliphatic rings. The first kappa shape index (κ1) is 14.8. The van der Waals surface area contributed by atoms with E-state index in [0.717, 1.165) is 18.4 Å². The minimum atomic E-state index is -0.214. The Kier molecular flexibility index (Phi) is 5.19. The SMILES string of the molecule is COc1ccc(CN2CC(C)OC(CBr)C2)c(F)c1. The third-order valence-electron chi connectivity index (χ3n) is 3.23. The molecule has 1 heterocycles. The number of alkyl halides is 1. The lowest BCUT2D eigenvalue weighted by Gasteiger charge is -2.36. The van der Waals surface area contributed by atoms with Crippen molar-refractivity contribution >= 4 is 15.9 Å². The summed E-state index contributed by atoms with van der Waals surface area (Å²) in [5, 5.41) is 0.804. The predicted molar refractivity (Wildman–Crippen MR) is 76.4 cm³/mol. The van der Waals surface area contributed by atoms with E-state index in [2.05, 4.69) is 20.8 Å². The fourth-order valence-electron chi connectivity index (χ4n) is 2.38. The summed E-state index contributed by atoms with van der Waals surface area (Å²) in [5.74, 6) is 0.337. The standard InChI is InChI=1S/C14H19BrFNO2/c1-10-7-17(9-13(6-15)19-10)8-11-3-4-12(18-2)5-14(11)16/h3-5,10,13H,6-9H2,1-2H3. The van der Waals surface area contributed by atoms with Crippen molar-refractivity contribution in [3.8, 4) is 5.75 Å². The summed E-state index contributed by atoms with van der Waals surface area (Å²) >= 11 is 3.44. The van der Waals surface area contributed by atoms with Crippen LogP contribution in [0.3, 0.4) is 0 Å². The van der Waals surface area contributed by atoms with Gasteiger partial charge in [0.15, 0.2) is 0 Å². The maximum absolute atomic E-state index is 13.9. The molecule has 0 aromatic heterocycles. The fraction of sp³-hybridized carbons (Fsp3) is 0.571. The van der Waals surface area contributed by atoms with E-state index in [4.69, 9.17) is 9.47 Å². The van der Waals surface area contributed by atoms with Crippen LogP contribution in [-0.2, 0) is 11.3 Å². The molecule has 2 atom stereocenters. The number of halogens is 2. The molecule has 2 unspecified atom stereocenters. The van der Waals surface area contributed by atoms with Gasteiger partial charge < -0.3 is 9.47 Å². The van der Waals surface area contributed by atoms with Crippen LogP contribution >= 0.6 is 15.9 Å². The molecule has 0 spiro atoms. The third kappa shape index (κ3) is 3.91. The number of nitrogens with zero attached hydrogens (tertiary/aromatic N) is 1. The number of rotatable bonds is 4. The van der Waals surface area contributed by atoms with E-state index in [1.807, 2.05) is 6.92 Å². The van der Waals surface area contributed by atoms with Gasteiger partial charge in [-0.25, -0.2) is 4.39 Å².